The summed E-state index contributed by atoms with van der Waals surface area (Å²) in [6.45, 7) is 4.12. The molecule has 1 aromatic carbocycles. The molecule has 0 heterocycles. The van der Waals surface area contributed by atoms with Gasteiger partial charge in [0.05, 0.1) is 7.11 Å². The Hall–Kier alpha value is -1.31. The van der Waals surface area contributed by atoms with E-state index in [4.69, 9.17) is 4.74 Å². The molecular weight excluding hydrogens is 176 g/mol. The summed E-state index contributed by atoms with van der Waals surface area (Å²) in [7, 11) is 1.64. The van der Waals surface area contributed by atoms with Crippen molar-refractivity contribution >= 4 is 6.29 Å². The Morgan fingerprint density at radius 2 is 1.86 bits per heavy atom. The maximum absolute atomic E-state index is 10.5. The second kappa shape index (κ2) is 4.27. The lowest BCUT2D eigenvalue weighted by molar-refractivity contribution is -0.108. The van der Waals surface area contributed by atoms with E-state index in [-0.39, 0.29) is 5.41 Å². The fraction of sp³-hybridized carbons (Fsp3) is 0.417. The van der Waals surface area contributed by atoms with Crippen LogP contribution in [0.4, 0.5) is 0 Å². The monoisotopic (exact) mass is 192 g/mol. The molecule has 0 aliphatic rings. The number of hydrogen-bond acceptors (Lipinski definition) is 2. The molecule has 0 N–H and O–H groups in total. The van der Waals surface area contributed by atoms with Gasteiger partial charge in [-0.05, 0) is 23.1 Å². The van der Waals surface area contributed by atoms with Crippen LogP contribution < -0.4 is 4.74 Å². The molecule has 14 heavy (non-hydrogen) atoms. The Bertz CT molecular complexity index is 299. The number of rotatable bonds is 4. The summed E-state index contributed by atoms with van der Waals surface area (Å²) >= 11 is 0. The van der Waals surface area contributed by atoms with E-state index in [1.54, 1.807) is 7.11 Å². The van der Waals surface area contributed by atoms with E-state index in [0.29, 0.717) is 6.42 Å². The van der Waals surface area contributed by atoms with E-state index >= 15 is 0 Å². The Kier molecular flexibility index (Phi) is 3.28. The molecule has 76 valence electrons. The highest BCUT2D eigenvalue weighted by Crippen LogP contribution is 2.27. The number of methoxy groups -OCH3 is 1. The Balaban J connectivity index is 2.90. The maximum atomic E-state index is 10.5. The van der Waals surface area contributed by atoms with Crippen LogP contribution >= 0.6 is 0 Å². The summed E-state index contributed by atoms with van der Waals surface area (Å²) in [6, 6.07) is 7.84. The van der Waals surface area contributed by atoms with Crippen LogP contribution in [0.15, 0.2) is 24.3 Å². The van der Waals surface area contributed by atoms with Crippen LogP contribution in [0.25, 0.3) is 0 Å². The van der Waals surface area contributed by atoms with Crippen LogP contribution in [0.1, 0.15) is 25.8 Å². The van der Waals surface area contributed by atoms with Gasteiger partial charge < -0.3 is 9.53 Å². The van der Waals surface area contributed by atoms with E-state index in [0.717, 1.165) is 17.6 Å². The molecule has 2 nitrogen and oxygen atoms in total. The van der Waals surface area contributed by atoms with E-state index in [9.17, 15) is 4.79 Å². The first kappa shape index (κ1) is 10.8. The highest BCUT2D eigenvalue weighted by Gasteiger charge is 2.19. The van der Waals surface area contributed by atoms with Crippen molar-refractivity contribution in [3.63, 3.8) is 0 Å². The molecule has 0 fully saturated rings. The minimum absolute atomic E-state index is 0.0893. The highest BCUT2D eigenvalue weighted by molar-refractivity contribution is 5.53. The van der Waals surface area contributed by atoms with Crippen molar-refractivity contribution in [1.82, 2.24) is 0 Å². The average molecular weight is 192 g/mol. The van der Waals surface area contributed by atoms with Crippen molar-refractivity contribution in [2.45, 2.75) is 25.7 Å². The molecule has 1 aromatic rings. The highest BCUT2D eigenvalue weighted by atomic mass is 16.5. The topological polar surface area (TPSA) is 26.3 Å². The maximum Gasteiger partial charge on any atom is 0.120 e. The molecule has 0 bridgehead atoms. The van der Waals surface area contributed by atoms with Crippen molar-refractivity contribution in [1.29, 1.82) is 0 Å². The van der Waals surface area contributed by atoms with E-state index in [1.807, 2.05) is 24.3 Å². The lowest BCUT2D eigenvalue weighted by atomic mass is 9.82. The molecule has 0 aliphatic heterocycles. The Labute approximate surface area is 84.9 Å². The quantitative estimate of drug-likeness (QED) is 0.685. The molecule has 0 saturated heterocycles. The third-order valence-corrected chi connectivity index (χ3v) is 2.47. The van der Waals surface area contributed by atoms with Crippen LogP contribution in [0.5, 0.6) is 5.75 Å². The van der Waals surface area contributed by atoms with Crippen molar-refractivity contribution in [2.24, 2.45) is 0 Å². The largest absolute Gasteiger partial charge is 0.497 e. The predicted octanol–water partition coefficient (Wildman–Crippen LogP) is 2.56. The van der Waals surface area contributed by atoms with Crippen molar-refractivity contribution in [3.8, 4) is 5.75 Å². The van der Waals surface area contributed by atoms with Gasteiger partial charge >= 0.3 is 0 Å². The van der Waals surface area contributed by atoms with Gasteiger partial charge in [-0.2, -0.15) is 0 Å². The molecule has 0 atom stereocenters. The Morgan fingerprint density at radius 3 is 2.29 bits per heavy atom. The summed E-state index contributed by atoms with van der Waals surface area (Å²) in [5, 5.41) is 0. The molecular formula is C12H16O2. The number of carbonyl (C=O) groups is 1. The van der Waals surface area contributed by atoms with Gasteiger partial charge in [0.1, 0.15) is 12.0 Å². The number of ether oxygens (including phenoxy) is 1. The van der Waals surface area contributed by atoms with E-state index in [1.165, 1.54) is 0 Å². The fourth-order valence-corrected chi connectivity index (χ4v) is 1.37. The zero-order chi connectivity index (χ0) is 10.6. The van der Waals surface area contributed by atoms with Gasteiger partial charge in [0.25, 0.3) is 0 Å². The molecule has 0 radical (unpaired) electrons. The van der Waals surface area contributed by atoms with Crippen molar-refractivity contribution in [2.75, 3.05) is 7.11 Å². The molecule has 0 aliphatic carbocycles. The standard InChI is InChI=1S/C12H16O2/c1-12(2,8-9-13)10-4-6-11(14-3)7-5-10/h4-7,9H,8H2,1-3H3. The SMILES string of the molecule is COc1ccc(C(C)(C)CC=O)cc1. The number of carbonyl (C=O) groups excluding carboxylic acids is 1. The van der Waals surface area contributed by atoms with Crippen LogP contribution in [-0.2, 0) is 10.2 Å². The summed E-state index contributed by atoms with van der Waals surface area (Å²) in [4.78, 5) is 10.5. The summed E-state index contributed by atoms with van der Waals surface area (Å²) < 4.78 is 5.07. The lowest BCUT2D eigenvalue weighted by Crippen LogP contribution is -2.17. The van der Waals surface area contributed by atoms with Gasteiger partial charge in [-0.15, -0.1) is 0 Å². The van der Waals surface area contributed by atoms with Crippen LogP contribution in [0, 0.1) is 0 Å². The van der Waals surface area contributed by atoms with Gasteiger partial charge in [-0.25, -0.2) is 0 Å². The third-order valence-electron chi connectivity index (χ3n) is 2.47. The van der Waals surface area contributed by atoms with Crippen LogP contribution in [0.2, 0.25) is 0 Å². The van der Waals surface area contributed by atoms with Gasteiger partial charge in [0.15, 0.2) is 0 Å². The van der Waals surface area contributed by atoms with Crippen LogP contribution in [-0.4, -0.2) is 13.4 Å². The van der Waals surface area contributed by atoms with Gasteiger partial charge in [0, 0.05) is 6.42 Å². The third kappa shape index (κ3) is 2.34. The van der Waals surface area contributed by atoms with Crippen LogP contribution in [0.3, 0.4) is 0 Å². The minimum Gasteiger partial charge on any atom is -0.497 e. The van der Waals surface area contributed by atoms with Crippen molar-refractivity contribution in [3.05, 3.63) is 29.8 Å². The summed E-state index contributed by atoms with van der Waals surface area (Å²) in [6.07, 6.45) is 1.50. The first-order valence-corrected chi connectivity index (χ1v) is 4.68. The minimum atomic E-state index is -0.0893. The molecule has 0 saturated carbocycles. The zero-order valence-corrected chi connectivity index (χ0v) is 8.91. The lowest BCUT2D eigenvalue weighted by Gasteiger charge is -2.22. The summed E-state index contributed by atoms with van der Waals surface area (Å²) in [5.74, 6) is 0.843. The molecule has 0 amide bonds. The first-order chi connectivity index (χ1) is 6.60. The van der Waals surface area contributed by atoms with E-state index in [2.05, 4.69) is 13.8 Å². The van der Waals surface area contributed by atoms with Gasteiger partial charge in [-0.3, -0.25) is 0 Å². The molecule has 0 spiro atoms. The van der Waals surface area contributed by atoms with Crippen molar-refractivity contribution < 1.29 is 9.53 Å². The smallest absolute Gasteiger partial charge is 0.120 e. The fourth-order valence-electron chi connectivity index (χ4n) is 1.37. The molecule has 0 aromatic heterocycles. The number of aldehydes is 1. The second-order valence-electron chi connectivity index (χ2n) is 3.98. The normalized spacial score (nSPS) is 11.1. The average Bonchev–Trinajstić information content (AvgIpc) is 2.18. The summed E-state index contributed by atoms with van der Waals surface area (Å²) in [5.41, 5.74) is 1.07. The molecule has 0 unspecified atom stereocenters. The number of benzene rings is 1. The van der Waals surface area contributed by atoms with Gasteiger partial charge in [0.2, 0.25) is 0 Å². The predicted molar refractivity (Wildman–Crippen MR) is 56.7 cm³/mol. The Morgan fingerprint density at radius 1 is 1.29 bits per heavy atom. The first-order valence-electron chi connectivity index (χ1n) is 4.68. The van der Waals surface area contributed by atoms with E-state index < -0.39 is 0 Å². The second-order valence-corrected chi connectivity index (χ2v) is 3.98. The number of hydrogen-bond donors (Lipinski definition) is 0. The molecule has 1 rings (SSSR count). The van der Waals surface area contributed by atoms with Gasteiger partial charge in [-0.1, -0.05) is 26.0 Å². The zero-order valence-electron chi connectivity index (χ0n) is 8.91. The molecule has 2 heteroatoms.